The first-order valence-electron chi connectivity index (χ1n) is 7.76. The van der Waals surface area contributed by atoms with Crippen molar-refractivity contribution >= 4 is 6.09 Å². The minimum atomic E-state index is -0.462. The monoisotopic (exact) mass is 306 g/mol. The van der Waals surface area contributed by atoms with E-state index in [0.717, 1.165) is 6.42 Å². The van der Waals surface area contributed by atoms with Crippen LogP contribution in [0.4, 0.5) is 4.79 Å². The van der Waals surface area contributed by atoms with Crippen LogP contribution in [0.3, 0.4) is 0 Å². The molecule has 1 amide bonds. The molecule has 122 valence electrons. The van der Waals surface area contributed by atoms with E-state index in [1.54, 1.807) is 4.90 Å². The van der Waals surface area contributed by atoms with E-state index in [1.807, 2.05) is 39.0 Å². The number of carbonyl (C=O) groups is 1. The van der Waals surface area contributed by atoms with Gasteiger partial charge in [0.25, 0.3) is 0 Å². The van der Waals surface area contributed by atoms with Gasteiger partial charge in [0.05, 0.1) is 6.61 Å². The van der Waals surface area contributed by atoms with Gasteiger partial charge in [-0.05, 0) is 32.8 Å². The van der Waals surface area contributed by atoms with E-state index in [-0.39, 0.29) is 24.8 Å². The van der Waals surface area contributed by atoms with Crippen molar-refractivity contribution in [3.05, 3.63) is 35.9 Å². The molecular weight excluding hydrogens is 280 g/mol. The van der Waals surface area contributed by atoms with Crippen LogP contribution >= 0.6 is 0 Å². The van der Waals surface area contributed by atoms with Crippen molar-refractivity contribution < 1.29 is 14.6 Å². The van der Waals surface area contributed by atoms with Crippen LogP contribution in [-0.4, -0.2) is 53.5 Å². The number of benzene rings is 1. The number of hydrogen-bond donors (Lipinski definition) is 2. The van der Waals surface area contributed by atoms with E-state index in [9.17, 15) is 9.90 Å². The third kappa shape index (κ3) is 5.00. The third-order valence-corrected chi connectivity index (χ3v) is 3.55. The fraction of sp³-hybridized carbons (Fsp3) is 0.588. The molecule has 1 fully saturated rings. The smallest absolute Gasteiger partial charge is 0.410 e. The first kappa shape index (κ1) is 16.8. The number of carbonyl (C=O) groups excluding carboxylic acids is 1. The Kier molecular flexibility index (Phi) is 5.42. The second kappa shape index (κ2) is 7.11. The molecule has 5 nitrogen and oxygen atoms in total. The minimum Gasteiger partial charge on any atom is -0.444 e. The molecular formula is C17H26N2O3. The van der Waals surface area contributed by atoms with Gasteiger partial charge in [0, 0.05) is 25.2 Å². The molecule has 0 spiro atoms. The number of ether oxygens (including phenoxy) is 1. The van der Waals surface area contributed by atoms with Crippen LogP contribution < -0.4 is 5.32 Å². The Hall–Kier alpha value is -1.59. The molecule has 0 saturated carbocycles. The number of aliphatic hydroxyl groups is 1. The third-order valence-electron chi connectivity index (χ3n) is 3.55. The lowest BCUT2D eigenvalue weighted by molar-refractivity contribution is 0.00339. The van der Waals surface area contributed by atoms with E-state index in [1.165, 1.54) is 5.56 Å². The zero-order valence-corrected chi connectivity index (χ0v) is 13.6. The molecule has 1 saturated heterocycles. The average Bonchev–Trinajstić information content (AvgIpc) is 2.40. The second-order valence-electron chi connectivity index (χ2n) is 6.82. The maximum absolute atomic E-state index is 11.9. The van der Waals surface area contributed by atoms with E-state index < -0.39 is 5.60 Å². The first-order chi connectivity index (χ1) is 10.4. The standard InChI is InChI=1S/C17H26N2O3/c1-17(2,3)22-16(21)19-10-15(11-19)18-14(12-20)9-13-7-5-4-6-8-13/h4-8,14-15,18,20H,9-12H2,1-3H3/t14-/m0/s1. The summed E-state index contributed by atoms with van der Waals surface area (Å²) in [5, 5.41) is 12.9. The molecule has 0 radical (unpaired) electrons. The van der Waals surface area contributed by atoms with Crippen molar-refractivity contribution in [1.29, 1.82) is 0 Å². The van der Waals surface area contributed by atoms with Crippen LogP contribution in [0.5, 0.6) is 0 Å². The summed E-state index contributed by atoms with van der Waals surface area (Å²) >= 11 is 0. The molecule has 1 aliphatic heterocycles. The van der Waals surface area contributed by atoms with Crippen LogP contribution in [0.2, 0.25) is 0 Å². The molecule has 0 aliphatic carbocycles. The van der Waals surface area contributed by atoms with Crippen LogP contribution in [0.1, 0.15) is 26.3 Å². The molecule has 2 N–H and O–H groups in total. The Bertz CT molecular complexity index is 478. The van der Waals surface area contributed by atoms with Gasteiger partial charge >= 0.3 is 6.09 Å². The topological polar surface area (TPSA) is 61.8 Å². The summed E-state index contributed by atoms with van der Waals surface area (Å²) in [7, 11) is 0. The normalized spacial score (nSPS) is 17.0. The van der Waals surface area contributed by atoms with Gasteiger partial charge in [-0.1, -0.05) is 30.3 Å². The van der Waals surface area contributed by atoms with Gasteiger partial charge in [-0.15, -0.1) is 0 Å². The van der Waals surface area contributed by atoms with Gasteiger partial charge in [0.2, 0.25) is 0 Å². The lowest BCUT2D eigenvalue weighted by atomic mass is 10.0. The highest BCUT2D eigenvalue weighted by Crippen LogP contribution is 2.16. The zero-order valence-electron chi connectivity index (χ0n) is 13.6. The highest BCUT2D eigenvalue weighted by Gasteiger charge is 2.34. The predicted molar refractivity (Wildman–Crippen MR) is 85.8 cm³/mol. The van der Waals surface area contributed by atoms with Gasteiger partial charge in [-0.2, -0.15) is 0 Å². The molecule has 0 bridgehead atoms. The summed E-state index contributed by atoms with van der Waals surface area (Å²) in [6.07, 6.45) is 0.509. The Morgan fingerprint density at radius 3 is 2.55 bits per heavy atom. The van der Waals surface area contributed by atoms with Gasteiger partial charge < -0.3 is 20.1 Å². The van der Waals surface area contributed by atoms with E-state index in [4.69, 9.17) is 4.74 Å². The predicted octanol–water partition coefficient (Wildman–Crippen LogP) is 1.80. The maximum atomic E-state index is 11.9. The molecule has 1 aliphatic rings. The van der Waals surface area contributed by atoms with Crippen molar-refractivity contribution in [1.82, 2.24) is 10.2 Å². The van der Waals surface area contributed by atoms with Crippen molar-refractivity contribution in [2.75, 3.05) is 19.7 Å². The zero-order chi connectivity index (χ0) is 16.2. The largest absolute Gasteiger partial charge is 0.444 e. The summed E-state index contributed by atoms with van der Waals surface area (Å²) in [5.74, 6) is 0. The number of nitrogens with one attached hydrogen (secondary N) is 1. The van der Waals surface area contributed by atoms with Crippen LogP contribution in [0, 0.1) is 0 Å². The Labute approximate surface area is 132 Å². The van der Waals surface area contributed by atoms with Crippen molar-refractivity contribution in [3.63, 3.8) is 0 Å². The lowest BCUT2D eigenvalue weighted by Gasteiger charge is -2.41. The molecule has 0 unspecified atom stereocenters. The molecule has 1 aromatic rings. The van der Waals surface area contributed by atoms with Gasteiger partial charge in [-0.25, -0.2) is 4.79 Å². The fourth-order valence-corrected chi connectivity index (χ4v) is 2.47. The number of rotatable bonds is 5. The molecule has 1 aromatic carbocycles. The molecule has 0 aromatic heterocycles. The number of hydrogen-bond acceptors (Lipinski definition) is 4. The number of aliphatic hydroxyl groups excluding tert-OH is 1. The average molecular weight is 306 g/mol. The van der Waals surface area contributed by atoms with Gasteiger partial charge in [-0.3, -0.25) is 0 Å². The number of nitrogens with zero attached hydrogens (tertiary/aromatic N) is 1. The molecule has 1 heterocycles. The SMILES string of the molecule is CC(C)(C)OC(=O)N1CC(N[C@H](CO)Cc2ccccc2)C1. The Morgan fingerprint density at radius 2 is 2.00 bits per heavy atom. The number of likely N-dealkylation sites (tertiary alicyclic amines) is 1. The minimum absolute atomic E-state index is 0.00758. The van der Waals surface area contributed by atoms with Crippen LogP contribution in [0.15, 0.2) is 30.3 Å². The number of amides is 1. The molecule has 22 heavy (non-hydrogen) atoms. The summed E-state index contributed by atoms with van der Waals surface area (Å²) in [4.78, 5) is 13.5. The van der Waals surface area contributed by atoms with Crippen molar-refractivity contribution in [2.45, 2.75) is 44.9 Å². The van der Waals surface area contributed by atoms with E-state index >= 15 is 0 Å². The van der Waals surface area contributed by atoms with Crippen LogP contribution in [0.25, 0.3) is 0 Å². The second-order valence-corrected chi connectivity index (χ2v) is 6.82. The van der Waals surface area contributed by atoms with Crippen molar-refractivity contribution in [3.8, 4) is 0 Å². The Balaban J connectivity index is 1.75. The highest BCUT2D eigenvalue weighted by atomic mass is 16.6. The van der Waals surface area contributed by atoms with Crippen LogP contribution in [-0.2, 0) is 11.2 Å². The van der Waals surface area contributed by atoms with E-state index in [2.05, 4.69) is 17.4 Å². The maximum Gasteiger partial charge on any atom is 0.410 e. The fourth-order valence-electron chi connectivity index (χ4n) is 2.47. The van der Waals surface area contributed by atoms with E-state index in [0.29, 0.717) is 13.1 Å². The Morgan fingerprint density at radius 1 is 1.36 bits per heavy atom. The summed E-state index contributed by atoms with van der Waals surface area (Å²) in [6, 6.07) is 10.3. The van der Waals surface area contributed by atoms with Gasteiger partial charge in [0.1, 0.15) is 5.60 Å². The summed E-state index contributed by atoms with van der Waals surface area (Å²) in [5.41, 5.74) is 0.730. The van der Waals surface area contributed by atoms with Gasteiger partial charge in [0.15, 0.2) is 0 Å². The summed E-state index contributed by atoms with van der Waals surface area (Å²) < 4.78 is 5.33. The highest BCUT2D eigenvalue weighted by molar-refractivity contribution is 5.69. The van der Waals surface area contributed by atoms with Crippen molar-refractivity contribution in [2.24, 2.45) is 0 Å². The molecule has 5 heteroatoms. The first-order valence-corrected chi connectivity index (χ1v) is 7.76. The quantitative estimate of drug-likeness (QED) is 0.871. The summed E-state index contributed by atoms with van der Waals surface area (Å²) in [6.45, 7) is 6.92. The molecule has 1 atom stereocenters. The molecule has 2 rings (SSSR count). The lowest BCUT2D eigenvalue weighted by Crippen LogP contribution is -2.63.